The van der Waals surface area contributed by atoms with Gasteiger partial charge in [0.25, 0.3) is 7.82 Å². The first-order valence-electron chi connectivity index (χ1n) is 24.2. The highest BCUT2D eigenvalue weighted by atomic mass is 31.2. The number of aliphatic hydroxyl groups is 1. The van der Waals surface area contributed by atoms with Crippen molar-refractivity contribution in [3.63, 3.8) is 0 Å². The molecule has 2 N–H and O–H groups in total. The number of carbonyl (C=O) groups is 1. The molecule has 0 aromatic heterocycles. The van der Waals surface area contributed by atoms with E-state index in [0.29, 0.717) is 17.4 Å². The van der Waals surface area contributed by atoms with Crippen LogP contribution in [0, 0.1) is 0 Å². The maximum Gasteiger partial charge on any atom is 0.268 e. The lowest BCUT2D eigenvalue weighted by Crippen LogP contribution is -2.45. The summed E-state index contributed by atoms with van der Waals surface area (Å²) in [5.74, 6) is -0.226. The molecule has 0 aliphatic heterocycles. The van der Waals surface area contributed by atoms with Crippen molar-refractivity contribution in [2.75, 3.05) is 40.9 Å². The molecule has 0 aromatic carbocycles. The van der Waals surface area contributed by atoms with E-state index >= 15 is 0 Å². The average Bonchev–Trinajstić information content (AvgIpc) is 3.23. The normalized spacial score (nSPS) is 15.1. The van der Waals surface area contributed by atoms with Crippen LogP contribution in [0.15, 0.2) is 109 Å². The first-order chi connectivity index (χ1) is 30.0. The molecule has 0 aliphatic rings. The van der Waals surface area contributed by atoms with Crippen molar-refractivity contribution in [3.8, 4) is 0 Å². The minimum Gasteiger partial charge on any atom is -0.756 e. The molecule has 0 saturated carbocycles. The Morgan fingerprint density at radius 1 is 0.581 bits per heavy atom. The molecule has 0 radical (unpaired) electrons. The highest BCUT2D eigenvalue weighted by molar-refractivity contribution is 7.45. The number of quaternary nitrogens is 1. The lowest BCUT2D eigenvalue weighted by atomic mass is 10.1. The van der Waals surface area contributed by atoms with Gasteiger partial charge in [-0.15, -0.1) is 0 Å². The van der Waals surface area contributed by atoms with Gasteiger partial charge in [-0.1, -0.05) is 181 Å². The molecule has 0 bridgehead atoms. The van der Waals surface area contributed by atoms with Crippen molar-refractivity contribution in [3.05, 3.63) is 109 Å². The Labute approximate surface area is 381 Å². The number of nitrogens with one attached hydrogen (secondary N) is 1. The summed E-state index contributed by atoms with van der Waals surface area (Å²) in [6.45, 7) is 4.44. The van der Waals surface area contributed by atoms with Gasteiger partial charge in [0.15, 0.2) is 0 Å². The predicted octanol–water partition coefficient (Wildman–Crippen LogP) is 13.4. The van der Waals surface area contributed by atoms with E-state index in [4.69, 9.17) is 9.05 Å². The third kappa shape index (κ3) is 45.2. The molecular formula is C53H91N2O6P. The van der Waals surface area contributed by atoms with E-state index in [-0.39, 0.29) is 12.5 Å². The van der Waals surface area contributed by atoms with E-state index in [1.54, 1.807) is 6.08 Å². The molecule has 3 atom stereocenters. The first-order valence-corrected chi connectivity index (χ1v) is 25.7. The Balaban J connectivity index is 4.29. The summed E-state index contributed by atoms with van der Waals surface area (Å²) in [5.41, 5.74) is 0. The van der Waals surface area contributed by atoms with Crippen LogP contribution in [-0.4, -0.2) is 68.5 Å². The number of likely N-dealkylation sites (N-methyl/N-ethyl adjacent to an activating group) is 1. The number of amides is 1. The second-order valence-corrected chi connectivity index (χ2v) is 18.5. The number of rotatable bonds is 42. The van der Waals surface area contributed by atoms with Crippen LogP contribution >= 0.6 is 7.82 Å². The summed E-state index contributed by atoms with van der Waals surface area (Å²) >= 11 is 0. The largest absolute Gasteiger partial charge is 0.756 e. The van der Waals surface area contributed by atoms with Crippen molar-refractivity contribution in [2.24, 2.45) is 0 Å². The smallest absolute Gasteiger partial charge is 0.268 e. The van der Waals surface area contributed by atoms with E-state index < -0.39 is 26.6 Å². The zero-order valence-corrected chi connectivity index (χ0v) is 40.9. The maximum atomic E-state index is 12.9. The predicted molar refractivity (Wildman–Crippen MR) is 265 cm³/mol. The molecule has 354 valence electrons. The lowest BCUT2D eigenvalue weighted by molar-refractivity contribution is -0.870. The van der Waals surface area contributed by atoms with Gasteiger partial charge in [-0.25, -0.2) is 0 Å². The van der Waals surface area contributed by atoms with E-state index in [9.17, 15) is 19.4 Å². The van der Waals surface area contributed by atoms with Gasteiger partial charge in [-0.3, -0.25) is 9.36 Å². The van der Waals surface area contributed by atoms with Crippen molar-refractivity contribution < 1.29 is 32.9 Å². The Bertz CT molecular complexity index is 1370. The summed E-state index contributed by atoms with van der Waals surface area (Å²) in [4.78, 5) is 25.3. The number of hydrogen-bond acceptors (Lipinski definition) is 6. The van der Waals surface area contributed by atoms with Crippen molar-refractivity contribution in [1.29, 1.82) is 0 Å². The molecule has 0 fully saturated rings. The SMILES string of the molecule is CC/C=C\C/C=C\C/C=C\C/C=C\C/C=C\C/C=C\C/C=C\CCCCCCCCCC(=O)NC(COP(=O)([O-])OCC[N+](C)(C)C)C(O)/C=C/CC/C=C/CCCCCCC. The number of carbonyl (C=O) groups excluding carboxylic acids is 1. The monoisotopic (exact) mass is 883 g/mol. The second-order valence-electron chi connectivity index (χ2n) is 17.1. The van der Waals surface area contributed by atoms with Crippen LogP contribution in [0.2, 0.25) is 0 Å². The molecule has 8 nitrogen and oxygen atoms in total. The molecule has 0 saturated heterocycles. The molecule has 0 aromatic rings. The average molecular weight is 883 g/mol. The zero-order chi connectivity index (χ0) is 45.7. The fourth-order valence-corrected chi connectivity index (χ4v) is 6.87. The van der Waals surface area contributed by atoms with Gasteiger partial charge in [0.1, 0.15) is 13.2 Å². The van der Waals surface area contributed by atoms with Crippen molar-refractivity contribution >= 4 is 13.7 Å². The summed E-state index contributed by atoms with van der Waals surface area (Å²) < 4.78 is 23.2. The lowest BCUT2D eigenvalue weighted by Gasteiger charge is -2.29. The Morgan fingerprint density at radius 3 is 1.50 bits per heavy atom. The molecule has 0 rings (SSSR count). The third-order valence-electron chi connectivity index (χ3n) is 9.97. The van der Waals surface area contributed by atoms with Gasteiger partial charge < -0.3 is 28.8 Å². The summed E-state index contributed by atoms with van der Waals surface area (Å²) in [5, 5.41) is 13.7. The van der Waals surface area contributed by atoms with Crippen LogP contribution in [0.3, 0.4) is 0 Å². The van der Waals surface area contributed by atoms with E-state index in [0.717, 1.165) is 96.3 Å². The van der Waals surface area contributed by atoms with Crippen LogP contribution in [-0.2, 0) is 18.4 Å². The molecule has 0 aliphatic carbocycles. The van der Waals surface area contributed by atoms with Gasteiger partial charge in [-0.2, -0.15) is 0 Å². The van der Waals surface area contributed by atoms with E-state index in [1.165, 1.54) is 51.4 Å². The van der Waals surface area contributed by atoms with Crippen LogP contribution in [0.25, 0.3) is 0 Å². The molecule has 1 amide bonds. The van der Waals surface area contributed by atoms with Gasteiger partial charge >= 0.3 is 0 Å². The molecule has 3 unspecified atom stereocenters. The molecule has 0 heterocycles. The molecule has 0 spiro atoms. The van der Waals surface area contributed by atoms with Crippen LogP contribution in [0.1, 0.15) is 168 Å². The van der Waals surface area contributed by atoms with Crippen LogP contribution in [0.4, 0.5) is 0 Å². The molecule has 62 heavy (non-hydrogen) atoms. The van der Waals surface area contributed by atoms with E-state index in [1.807, 2.05) is 27.2 Å². The van der Waals surface area contributed by atoms with Gasteiger partial charge in [-0.05, 0) is 89.9 Å². The maximum absolute atomic E-state index is 12.9. The standard InChI is InChI=1S/C53H91N2O6P/c1-6-8-10-12-14-16-18-19-20-21-22-23-24-25-26-27-28-29-30-31-32-33-34-35-37-39-41-43-45-47-53(57)54-51(50-61-62(58,59)60-49-48-55(3,4)5)52(56)46-44-42-40-38-36-17-15-13-11-9-7-2/h8,10,14,16,19-20,22-23,25-26,28-29,31-32,36,38,44,46,51-52,56H,6-7,9,11-13,15,17-18,21,24,27,30,33-35,37,39-43,45,47-50H2,1-5H3,(H-,54,57,58,59)/b10-8-,16-14-,20-19-,23-22-,26-25-,29-28-,32-31-,38-36+,46-44+. The van der Waals surface area contributed by atoms with Crippen LogP contribution < -0.4 is 10.2 Å². The number of unbranched alkanes of at least 4 members (excludes halogenated alkanes) is 13. The van der Waals surface area contributed by atoms with E-state index in [2.05, 4.69) is 116 Å². The Hall–Kier alpha value is -2.84. The van der Waals surface area contributed by atoms with Crippen molar-refractivity contribution in [1.82, 2.24) is 5.32 Å². The quantitative estimate of drug-likeness (QED) is 0.0274. The molecule has 9 heteroatoms. The number of nitrogens with zero attached hydrogens (tertiary/aromatic N) is 1. The first kappa shape index (κ1) is 59.2. The second kappa shape index (κ2) is 43.4. The summed E-state index contributed by atoms with van der Waals surface area (Å²) in [6.07, 6.45) is 62.9. The number of phosphoric acid groups is 1. The molecular weight excluding hydrogens is 792 g/mol. The number of phosphoric ester groups is 1. The van der Waals surface area contributed by atoms with Crippen LogP contribution in [0.5, 0.6) is 0 Å². The fraction of sp³-hybridized carbons (Fsp3) is 0.642. The number of aliphatic hydroxyl groups excluding tert-OH is 1. The topological polar surface area (TPSA) is 108 Å². The van der Waals surface area contributed by atoms with Gasteiger partial charge in [0.05, 0.1) is 39.9 Å². The Morgan fingerprint density at radius 2 is 1.00 bits per heavy atom. The Kier molecular flexibility index (Phi) is 41.4. The highest BCUT2D eigenvalue weighted by Crippen LogP contribution is 2.38. The number of hydrogen-bond donors (Lipinski definition) is 2. The summed E-state index contributed by atoms with van der Waals surface area (Å²) in [7, 11) is 1.21. The third-order valence-corrected chi connectivity index (χ3v) is 10.9. The summed E-state index contributed by atoms with van der Waals surface area (Å²) in [6, 6.07) is -0.915. The zero-order valence-electron chi connectivity index (χ0n) is 40.0. The van der Waals surface area contributed by atoms with Crippen molar-refractivity contribution in [2.45, 2.75) is 180 Å². The minimum absolute atomic E-state index is 0.0151. The van der Waals surface area contributed by atoms with Gasteiger partial charge in [0.2, 0.25) is 5.91 Å². The number of allylic oxidation sites excluding steroid dienone is 17. The van der Waals surface area contributed by atoms with Gasteiger partial charge in [0, 0.05) is 6.42 Å². The minimum atomic E-state index is -4.60. The fourth-order valence-electron chi connectivity index (χ4n) is 6.15. The highest BCUT2D eigenvalue weighted by Gasteiger charge is 2.23.